The second kappa shape index (κ2) is 9.74. The molecule has 1 aromatic carbocycles. The molecule has 0 radical (unpaired) electrons. The number of carbonyl (C=O) groups excluding carboxylic acids is 2. The highest BCUT2D eigenvalue weighted by molar-refractivity contribution is 5.96. The molecule has 2 saturated heterocycles. The van der Waals surface area contributed by atoms with Crippen LogP contribution in [0.25, 0.3) is 0 Å². The van der Waals surface area contributed by atoms with E-state index in [0.717, 1.165) is 16.9 Å². The Labute approximate surface area is 192 Å². The summed E-state index contributed by atoms with van der Waals surface area (Å²) >= 11 is 0. The molecule has 1 atom stereocenters. The van der Waals surface area contributed by atoms with Gasteiger partial charge in [-0.2, -0.15) is 0 Å². The molecule has 1 aromatic heterocycles. The minimum Gasteiger partial charge on any atom is -0.447 e. The van der Waals surface area contributed by atoms with E-state index in [1.165, 1.54) is 17.0 Å². The predicted molar refractivity (Wildman–Crippen MR) is 122 cm³/mol. The van der Waals surface area contributed by atoms with Gasteiger partial charge in [-0.1, -0.05) is 6.07 Å². The summed E-state index contributed by atoms with van der Waals surface area (Å²) in [6.07, 6.45) is 1.29. The maximum atomic E-state index is 15.0. The third-order valence-electron chi connectivity index (χ3n) is 5.99. The van der Waals surface area contributed by atoms with Crippen LogP contribution in [0.5, 0.6) is 0 Å². The molecule has 2 aliphatic rings. The molecule has 2 aliphatic heterocycles. The molecule has 2 aromatic rings. The number of pyridine rings is 1. The number of aryl methyl sites for hydroxylation is 2. The lowest BCUT2D eigenvalue weighted by molar-refractivity contribution is 0.0741. The second-order valence-corrected chi connectivity index (χ2v) is 8.36. The fraction of sp³-hybridized carbons (Fsp3) is 0.458. The Balaban J connectivity index is 1.43. The number of rotatable bonds is 6. The Hall–Kier alpha value is -3.20. The molecule has 8 nitrogen and oxygen atoms in total. The number of carbonyl (C=O) groups is 2. The fourth-order valence-corrected chi connectivity index (χ4v) is 4.31. The van der Waals surface area contributed by atoms with Crippen LogP contribution in [0.4, 0.5) is 20.7 Å². The van der Waals surface area contributed by atoms with Crippen LogP contribution in [0.15, 0.2) is 30.5 Å². The van der Waals surface area contributed by atoms with Crippen LogP contribution in [-0.4, -0.2) is 73.9 Å². The molecule has 0 saturated carbocycles. The van der Waals surface area contributed by atoms with Crippen molar-refractivity contribution in [3.63, 3.8) is 0 Å². The van der Waals surface area contributed by atoms with Crippen LogP contribution in [0.1, 0.15) is 28.4 Å². The van der Waals surface area contributed by atoms with E-state index in [1.807, 2.05) is 27.0 Å². The van der Waals surface area contributed by atoms with Crippen molar-refractivity contribution in [2.24, 2.45) is 0 Å². The maximum Gasteiger partial charge on any atom is 0.414 e. The number of anilines is 2. The van der Waals surface area contributed by atoms with E-state index < -0.39 is 11.9 Å². The van der Waals surface area contributed by atoms with Crippen molar-refractivity contribution in [1.29, 1.82) is 0 Å². The monoisotopic (exact) mass is 456 g/mol. The topological polar surface area (TPSA) is 75.2 Å². The number of hydrogen-bond acceptors (Lipinski definition) is 6. The zero-order valence-corrected chi connectivity index (χ0v) is 19.2. The van der Waals surface area contributed by atoms with E-state index in [-0.39, 0.29) is 24.1 Å². The normalized spacial score (nSPS) is 18.6. The largest absolute Gasteiger partial charge is 0.447 e. The van der Waals surface area contributed by atoms with E-state index >= 15 is 0 Å². The van der Waals surface area contributed by atoms with E-state index in [9.17, 15) is 14.0 Å². The van der Waals surface area contributed by atoms with Crippen LogP contribution < -0.4 is 9.80 Å². The number of benzene rings is 1. The van der Waals surface area contributed by atoms with Gasteiger partial charge in [0.25, 0.3) is 5.91 Å². The van der Waals surface area contributed by atoms with E-state index in [2.05, 4.69) is 16.0 Å². The highest BCUT2D eigenvalue weighted by Crippen LogP contribution is 2.27. The average molecular weight is 457 g/mol. The summed E-state index contributed by atoms with van der Waals surface area (Å²) < 4.78 is 25.5. The molecular weight excluding hydrogens is 427 g/mol. The van der Waals surface area contributed by atoms with Crippen LogP contribution >= 0.6 is 0 Å². The maximum absolute atomic E-state index is 15.0. The number of cyclic esters (lactones) is 1. The van der Waals surface area contributed by atoms with Gasteiger partial charge in [0, 0.05) is 39.0 Å². The first-order chi connectivity index (χ1) is 15.9. The lowest BCUT2D eigenvalue weighted by atomic mass is 10.1. The molecule has 176 valence electrons. The second-order valence-electron chi connectivity index (χ2n) is 8.36. The van der Waals surface area contributed by atoms with Crippen molar-refractivity contribution < 1.29 is 23.5 Å². The molecule has 2 amide bonds. The third kappa shape index (κ3) is 4.78. The fourth-order valence-electron chi connectivity index (χ4n) is 4.31. The zero-order chi connectivity index (χ0) is 23.5. The SMILES string of the molecule is CCOCC1COC(=O)N1c1ccc(C(=O)N2CCN(c3ncc(C)cc3C)CC2)c(F)c1. The lowest BCUT2D eigenvalue weighted by Gasteiger charge is -2.36. The third-order valence-corrected chi connectivity index (χ3v) is 5.99. The van der Waals surface area contributed by atoms with Gasteiger partial charge in [-0.05, 0) is 50.1 Å². The minimum atomic E-state index is -0.661. The molecular formula is C24H29FN4O4. The summed E-state index contributed by atoms with van der Waals surface area (Å²) in [5.74, 6) is -0.102. The van der Waals surface area contributed by atoms with Crippen molar-refractivity contribution in [3.8, 4) is 0 Å². The van der Waals surface area contributed by atoms with E-state index in [0.29, 0.717) is 45.1 Å². The van der Waals surface area contributed by atoms with Gasteiger partial charge in [0.15, 0.2) is 0 Å². The number of piperazine rings is 1. The van der Waals surface area contributed by atoms with Gasteiger partial charge in [-0.15, -0.1) is 0 Å². The lowest BCUT2D eigenvalue weighted by Crippen LogP contribution is -2.49. The Morgan fingerprint density at radius 3 is 2.64 bits per heavy atom. The molecule has 9 heteroatoms. The van der Waals surface area contributed by atoms with Crippen molar-refractivity contribution in [3.05, 3.63) is 53.0 Å². The van der Waals surface area contributed by atoms with Crippen molar-refractivity contribution in [1.82, 2.24) is 9.88 Å². The number of halogens is 1. The number of amides is 2. The first-order valence-corrected chi connectivity index (χ1v) is 11.2. The summed E-state index contributed by atoms with van der Waals surface area (Å²) in [6.45, 7) is 9.08. The standard InChI is InChI=1S/C24H29FN4O4/c1-4-32-14-19-15-33-24(31)29(19)18-5-6-20(21(25)12-18)23(30)28-9-7-27(8-10-28)22-17(3)11-16(2)13-26-22/h5-6,11-13,19H,4,7-10,14-15H2,1-3H3. The summed E-state index contributed by atoms with van der Waals surface area (Å²) in [5, 5.41) is 0. The highest BCUT2D eigenvalue weighted by atomic mass is 19.1. The Morgan fingerprint density at radius 2 is 1.97 bits per heavy atom. The van der Waals surface area contributed by atoms with Crippen LogP contribution in [0.3, 0.4) is 0 Å². The van der Waals surface area contributed by atoms with Gasteiger partial charge in [-0.3, -0.25) is 9.69 Å². The first kappa shape index (κ1) is 23.0. The zero-order valence-electron chi connectivity index (χ0n) is 19.2. The predicted octanol–water partition coefficient (Wildman–Crippen LogP) is 3.16. The summed E-state index contributed by atoms with van der Waals surface area (Å²) in [5.41, 5.74) is 2.54. The van der Waals surface area contributed by atoms with Gasteiger partial charge in [0.1, 0.15) is 18.2 Å². The summed E-state index contributed by atoms with van der Waals surface area (Å²) in [4.78, 5) is 34.9. The van der Waals surface area contributed by atoms with Gasteiger partial charge in [0.2, 0.25) is 0 Å². The molecule has 4 rings (SSSR count). The molecule has 0 aliphatic carbocycles. The van der Waals surface area contributed by atoms with E-state index in [4.69, 9.17) is 9.47 Å². The molecule has 0 N–H and O–H groups in total. The smallest absolute Gasteiger partial charge is 0.414 e. The van der Waals surface area contributed by atoms with Gasteiger partial charge >= 0.3 is 6.09 Å². The average Bonchev–Trinajstić information content (AvgIpc) is 3.17. The van der Waals surface area contributed by atoms with Gasteiger partial charge in [-0.25, -0.2) is 14.2 Å². The Bertz CT molecular complexity index is 1040. The van der Waals surface area contributed by atoms with Crippen LogP contribution in [0.2, 0.25) is 0 Å². The molecule has 0 bridgehead atoms. The highest BCUT2D eigenvalue weighted by Gasteiger charge is 2.35. The Kier molecular flexibility index (Phi) is 6.78. The minimum absolute atomic E-state index is 0.00855. The molecule has 33 heavy (non-hydrogen) atoms. The summed E-state index contributed by atoms with van der Waals surface area (Å²) in [6, 6.07) is 6.00. The van der Waals surface area contributed by atoms with Crippen molar-refractivity contribution >= 4 is 23.5 Å². The van der Waals surface area contributed by atoms with Crippen LogP contribution in [-0.2, 0) is 9.47 Å². The molecule has 1 unspecified atom stereocenters. The number of aromatic nitrogens is 1. The van der Waals surface area contributed by atoms with Crippen molar-refractivity contribution in [2.75, 3.05) is 55.8 Å². The quantitative estimate of drug-likeness (QED) is 0.665. The van der Waals surface area contributed by atoms with Crippen molar-refractivity contribution in [2.45, 2.75) is 26.8 Å². The molecule has 3 heterocycles. The van der Waals surface area contributed by atoms with E-state index in [1.54, 1.807) is 11.0 Å². The van der Waals surface area contributed by atoms with Crippen LogP contribution in [0, 0.1) is 19.7 Å². The summed E-state index contributed by atoms with van der Waals surface area (Å²) in [7, 11) is 0. The number of nitrogens with zero attached hydrogens (tertiary/aromatic N) is 4. The van der Waals surface area contributed by atoms with Gasteiger partial charge < -0.3 is 19.3 Å². The molecule has 2 fully saturated rings. The Morgan fingerprint density at radius 1 is 1.21 bits per heavy atom. The number of hydrogen-bond donors (Lipinski definition) is 0. The first-order valence-electron chi connectivity index (χ1n) is 11.2. The number of ether oxygens (including phenoxy) is 2. The van der Waals surface area contributed by atoms with Gasteiger partial charge in [0.05, 0.1) is 23.9 Å². The molecule has 0 spiro atoms.